The van der Waals surface area contributed by atoms with Crippen molar-refractivity contribution in [3.63, 3.8) is 0 Å². The van der Waals surface area contributed by atoms with Crippen molar-refractivity contribution in [2.45, 2.75) is 19.5 Å². The summed E-state index contributed by atoms with van der Waals surface area (Å²) in [7, 11) is 0. The van der Waals surface area contributed by atoms with E-state index in [0.29, 0.717) is 5.95 Å². The summed E-state index contributed by atoms with van der Waals surface area (Å²) in [5.41, 5.74) is 3.21. The monoisotopic (exact) mass is 444 g/mol. The Bertz CT molecular complexity index is 994. The number of thiophene rings is 1. The summed E-state index contributed by atoms with van der Waals surface area (Å²) in [4.78, 5) is 13.0. The van der Waals surface area contributed by atoms with Crippen LogP contribution >= 0.6 is 27.3 Å². The molecule has 2 aliphatic heterocycles. The summed E-state index contributed by atoms with van der Waals surface area (Å²) in [6, 6.07) is 7.93. The van der Waals surface area contributed by atoms with Gasteiger partial charge in [0.1, 0.15) is 0 Å². The van der Waals surface area contributed by atoms with Gasteiger partial charge in [0.05, 0.1) is 5.69 Å². The maximum Gasteiger partial charge on any atom is 0.231 e. The fourth-order valence-corrected chi connectivity index (χ4v) is 4.82. The summed E-state index contributed by atoms with van der Waals surface area (Å²) in [6.07, 6.45) is 2.87. The predicted octanol–water partition coefficient (Wildman–Crippen LogP) is 4.33. The predicted molar refractivity (Wildman–Crippen MR) is 108 cm³/mol. The Kier molecular flexibility index (Phi) is 4.47. The number of ether oxygens (including phenoxy) is 2. The van der Waals surface area contributed by atoms with Gasteiger partial charge in [-0.25, -0.2) is 9.97 Å². The molecule has 0 fully saturated rings. The van der Waals surface area contributed by atoms with Crippen LogP contribution in [-0.2, 0) is 19.5 Å². The maximum absolute atomic E-state index is 5.42. The molecule has 5 rings (SSSR count). The van der Waals surface area contributed by atoms with Gasteiger partial charge >= 0.3 is 0 Å². The molecular weight excluding hydrogens is 428 g/mol. The molecule has 0 aliphatic carbocycles. The van der Waals surface area contributed by atoms with Crippen LogP contribution < -0.4 is 14.8 Å². The standard InChI is InChI=1S/C19H17BrN4O2S/c20-13-5-15(27-10-13)9-24-4-3-16-12(8-24)7-21-19(23-16)22-14-1-2-17-18(6-14)26-11-25-17/h1-2,5-7,10H,3-4,8-9,11H2,(H,21,22,23). The summed E-state index contributed by atoms with van der Waals surface area (Å²) in [5.74, 6) is 2.13. The van der Waals surface area contributed by atoms with Crippen LogP contribution in [-0.4, -0.2) is 28.2 Å². The van der Waals surface area contributed by atoms with Crippen LogP contribution in [0.4, 0.5) is 11.6 Å². The minimum Gasteiger partial charge on any atom is -0.454 e. The first-order valence-electron chi connectivity index (χ1n) is 8.70. The zero-order valence-electron chi connectivity index (χ0n) is 14.4. The van der Waals surface area contributed by atoms with Crippen molar-refractivity contribution in [3.05, 3.63) is 56.4 Å². The minimum atomic E-state index is 0.271. The van der Waals surface area contributed by atoms with Gasteiger partial charge in [-0.05, 0) is 34.1 Å². The van der Waals surface area contributed by atoms with E-state index in [-0.39, 0.29) is 6.79 Å². The first kappa shape index (κ1) is 17.0. The molecule has 138 valence electrons. The Balaban J connectivity index is 1.28. The van der Waals surface area contributed by atoms with E-state index in [2.05, 4.69) is 42.6 Å². The molecule has 0 saturated carbocycles. The Labute approximate surface area is 169 Å². The van der Waals surface area contributed by atoms with Crippen molar-refractivity contribution < 1.29 is 9.47 Å². The van der Waals surface area contributed by atoms with E-state index in [1.807, 2.05) is 24.4 Å². The van der Waals surface area contributed by atoms with Crippen LogP contribution in [0, 0.1) is 0 Å². The number of aromatic nitrogens is 2. The second-order valence-electron chi connectivity index (χ2n) is 6.55. The summed E-state index contributed by atoms with van der Waals surface area (Å²) >= 11 is 5.31. The first-order valence-corrected chi connectivity index (χ1v) is 10.4. The fraction of sp³-hybridized carbons (Fsp3) is 0.263. The fourth-order valence-electron chi connectivity index (χ4n) is 3.33. The second kappa shape index (κ2) is 7.10. The third-order valence-corrected chi connectivity index (χ3v) is 6.33. The molecule has 0 radical (unpaired) electrons. The number of nitrogens with zero attached hydrogens (tertiary/aromatic N) is 3. The van der Waals surface area contributed by atoms with E-state index in [0.717, 1.165) is 53.4 Å². The van der Waals surface area contributed by atoms with Gasteiger partial charge in [0.25, 0.3) is 0 Å². The molecule has 1 N–H and O–H groups in total. The lowest BCUT2D eigenvalue weighted by molar-refractivity contribution is 0.174. The lowest BCUT2D eigenvalue weighted by Gasteiger charge is -2.27. The number of halogens is 1. The molecule has 0 spiro atoms. The lowest BCUT2D eigenvalue weighted by Crippen LogP contribution is -2.30. The van der Waals surface area contributed by atoms with Crippen molar-refractivity contribution >= 4 is 38.9 Å². The number of nitrogens with one attached hydrogen (secondary N) is 1. The highest BCUT2D eigenvalue weighted by atomic mass is 79.9. The minimum absolute atomic E-state index is 0.271. The van der Waals surface area contributed by atoms with Crippen LogP contribution in [0.15, 0.2) is 40.3 Å². The first-order chi connectivity index (χ1) is 13.2. The third kappa shape index (κ3) is 3.65. The van der Waals surface area contributed by atoms with Gasteiger partial charge in [-0.3, -0.25) is 4.90 Å². The quantitative estimate of drug-likeness (QED) is 0.645. The van der Waals surface area contributed by atoms with Gasteiger partial charge in [-0.2, -0.15) is 0 Å². The summed E-state index contributed by atoms with van der Waals surface area (Å²) in [5, 5.41) is 5.39. The average Bonchev–Trinajstić information content (AvgIpc) is 3.30. The van der Waals surface area contributed by atoms with E-state index in [9.17, 15) is 0 Å². The van der Waals surface area contributed by atoms with Crippen LogP contribution in [0.3, 0.4) is 0 Å². The van der Waals surface area contributed by atoms with E-state index >= 15 is 0 Å². The smallest absolute Gasteiger partial charge is 0.231 e. The molecule has 0 bridgehead atoms. The van der Waals surface area contributed by atoms with Gasteiger partial charge in [0.2, 0.25) is 12.7 Å². The number of hydrogen-bond donors (Lipinski definition) is 1. The Hall–Kier alpha value is -2.16. The van der Waals surface area contributed by atoms with Gasteiger partial charge in [0.15, 0.2) is 11.5 Å². The Morgan fingerprint density at radius 2 is 2.15 bits per heavy atom. The summed E-state index contributed by atoms with van der Waals surface area (Å²) in [6.45, 7) is 3.12. The second-order valence-corrected chi connectivity index (χ2v) is 8.46. The largest absolute Gasteiger partial charge is 0.454 e. The van der Waals surface area contributed by atoms with E-state index < -0.39 is 0 Å². The maximum atomic E-state index is 5.42. The van der Waals surface area contributed by atoms with Gasteiger partial charge in [0, 0.05) is 64.3 Å². The highest BCUT2D eigenvalue weighted by Crippen LogP contribution is 2.35. The number of fused-ring (bicyclic) bond motifs is 2. The van der Waals surface area contributed by atoms with Crippen LogP contribution in [0.5, 0.6) is 11.5 Å². The van der Waals surface area contributed by atoms with Crippen LogP contribution in [0.1, 0.15) is 16.1 Å². The normalized spacial score (nSPS) is 15.6. The van der Waals surface area contributed by atoms with Gasteiger partial charge in [-0.15, -0.1) is 11.3 Å². The molecule has 0 saturated heterocycles. The van der Waals surface area contributed by atoms with Crippen molar-refractivity contribution in [2.24, 2.45) is 0 Å². The van der Waals surface area contributed by atoms with Crippen molar-refractivity contribution in [1.29, 1.82) is 0 Å². The molecule has 3 aromatic rings. The molecule has 1 aromatic carbocycles. The summed E-state index contributed by atoms with van der Waals surface area (Å²) < 4.78 is 11.9. The molecule has 4 heterocycles. The average molecular weight is 445 g/mol. The number of benzene rings is 1. The Morgan fingerprint density at radius 3 is 3.04 bits per heavy atom. The van der Waals surface area contributed by atoms with Crippen molar-refractivity contribution in [3.8, 4) is 11.5 Å². The molecule has 0 unspecified atom stereocenters. The highest BCUT2D eigenvalue weighted by molar-refractivity contribution is 9.10. The molecule has 6 nitrogen and oxygen atoms in total. The third-order valence-electron chi connectivity index (χ3n) is 4.64. The topological polar surface area (TPSA) is 59.5 Å². The van der Waals surface area contributed by atoms with E-state index in [1.54, 1.807) is 11.3 Å². The molecule has 2 aromatic heterocycles. The number of anilines is 2. The van der Waals surface area contributed by atoms with Gasteiger partial charge < -0.3 is 14.8 Å². The molecule has 8 heteroatoms. The number of rotatable bonds is 4. The lowest BCUT2D eigenvalue weighted by atomic mass is 10.1. The Morgan fingerprint density at radius 1 is 1.22 bits per heavy atom. The zero-order valence-corrected chi connectivity index (χ0v) is 16.8. The SMILES string of the molecule is Brc1csc(CN2CCc3nc(Nc4ccc5c(c4)OCO5)ncc3C2)c1. The van der Waals surface area contributed by atoms with Crippen LogP contribution in [0.2, 0.25) is 0 Å². The van der Waals surface area contributed by atoms with Gasteiger partial charge in [-0.1, -0.05) is 0 Å². The number of hydrogen-bond acceptors (Lipinski definition) is 7. The molecule has 27 heavy (non-hydrogen) atoms. The molecule has 0 atom stereocenters. The molecular formula is C19H17BrN4O2S. The zero-order chi connectivity index (χ0) is 18.2. The highest BCUT2D eigenvalue weighted by Gasteiger charge is 2.19. The van der Waals surface area contributed by atoms with Crippen molar-refractivity contribution in [1.82, 2.24) is 14.9 Å². The van der Waals surface area contributed by atoms with E-state index in [1.165, 1.54) is 10.4 Å². The molecule has 2 aliphatic rings. The van der Waals surface area contributed by atoms with Crippen LogP contribution in [0.25, 0.3) is 0 Å². The van der Waals surface area contributed by atoms with Crippen molar-refractivity contribution in [2.75, 3.05) is 18.7 Å². The molecule has 0 amide bonds. The van der Waals surface area contributed by atoms with E-state index in [4.69, 9.17) is 14.5 Å².